The molecule has 20 heavy (non-hydrogen) atoms. The molecule has 2 rings (SSSR count). The Morgan fingerprint density at radius 2 is 2.00 bits per heavy atom. The molecule has 1 aromatic heterocycles. The maximum Gasteiger partial charge on any atom is 0.259 e. The monoisotopic (exact) mass is 292 g/mol. The van der Waals surface area contributed by atoms with E-state index in [1.54, 1.807) is 19.9 Å². The second kappa shape index (κ2) is 5.42. The number of halogens is 1. The number of hydrogen-bond donors (Lipinski definition) is 2. The summed E-state index contributed by atoms with van der Waals surface area (Å²) < 4.78 is 18.5. The number of nitrogens with one attached hydrogen (secondary N) is 1. The third-order valence-electron chi connectivity index (χ3n) is 2.78. The van der Waals surface area contributed by atoms with Crippen molar-refractivity contribution >= 4 is 28.8 Å². The number of carbonyl (C=O) groups excluding carboxylic acids is 1. The standard InChI is InChI=1S/C14H13FN2O2S/c1-7-5-10(8(2)19-7)14(18)17-12-4-3-9(15)6-11(12)13(16)20/h3-6H,1-2H3,(H2,16,20)(H,17,18). The lowest BCUT2D eigenvalue weighted by molar-refractivity contribution is 0.102. The van der Waals surface area contributed by atoms with Crippen molar-refractivity contribution in [1.82, 2.24) is 0 Å². The molecular weight excluding hydrogens is 279 g/mol. The van der Waals surface area contributed by atoms with Gasteiger partial charge in [-0.25, -0.2) is 4.39 Å². The summed E-state index contributed by atoms with van der Waals surface area (Å²) in [5, 5.41) is 2.66. The third-order valence-corrected chi connectivity index (χ3v) is 3.00. The largest absolute Gasteiger partial charge is 0.466 e. The lowest BCUT2D eigenvalue weighted by Gasteiger charge is -2.09. The van der Waals surface area contributed by atoms with Crippen molar-refractivity contribution in [3.63, 3.8) is 0 Å². The molecule has 6 heteroatoms. The van der Waals surface area contributed by atoms with Gasteiger partial charge >= 0.3 is 0 Å². The lowest BCUT2D eigenvalue weighted by Crippen LogP contribution is -2.18. The number of furan rings is 1. The van der Waals surface area contributed by atoms with Crippen LogP contribution in [0.15, 0.2) is 28.7 Å². The predicted octanol–water partition coefficient (Wildman–Crippen LogP) is 2.92. The number of carbonyl (C=O) groups is 1. The molecular formula is C14H13FN2O2S. The summed E-state index contributed by atoms with van der Waals surface area (Å²) in [6.45, 7) is 3.45. The normalized spacial score (nSPS) is 10.3. The summed E-state index contributed by atoms with van der Waals surface area (Å²) in [7, 11) is 0. The zero-order chi connectivity index (χ0) is 14.9. The minimum atomic E-state index is -0.471. The molecule has 0 aliphatic carbocycles. The van der Waals surface area contributed by atoms with Crippen LogP contribution in [0, 0.1) is 19.7 Å². The first-order valence-electron chi connectivity index (χ1n) is 5.86. The molecule has 3 N–H and O–H groups in total. The van der Waals surface area contributed by atoms with Crippen LogP contribution in [0.5, 0.6) is 0 Å². The molecule has 0 spiro atoms. The summed E-state index contributed by atoms with van der Waals surface area (Å²) in [6, 6.07) is 5.47. The van der Waals surface area contributed by atoms with Crippen molar-refractivity contribution in [2.45, 2.75) is 13.8 Å². The van der Waals surface area contributed by atoms with Crippen LogP contribution in [0.3, 0.4) is 0 Å². The zero-order valence-corrected chi connectivity index (χ0v) is 11.8. The van der Waals surface area contributed by atoms with E-state index in [4.69, 9.17) is 22.4 Å². The van der Waals surface area contributed by atoms with Crippen molar-refractivity contribution < 1.29 is 13.6 Å². The number of amides is 1. The number of nitrogens with two attached hydrogens (primary N) is 1. The maximum atomic E-state index is 13.2. The quantitative estimate of drug-likeness (QED) is 0.853. The summed E-state index contributed by atoms with van der Waals surface area (Å²) in [5.74, 6) is 0.324. The number of anilines is 1. The molecule has 0 saturated carbocycles. The van der Waals surface area contributed by atoms with Gasteiger partial charge in [0.2, 0.25) is 0 Å². The van der Waals surface area contributed by atoms with Crippen molar-refractivity contribution in [2.75, 3.05) is 5.32 Å². The summed E-state index contributed by atoms with van der Waals surface area (Å²) in [4.78, 5) is 12.2. The molecule has 0 bridgehead atoms. The maximum absolute atomic E-state index is 13.2. The first-order valence-corrected chi connectivity index (χ1v) is 6.27. The number of benzene rings is 1. The van der Waals surface area contributed by atoms with Crippen molar-refractivity contribution in [2.24, 2.45) is 5.73 Å². The van der Waals surface area contributed by atoms with Gasteiger partial charge in [-0.3, -0.25) is 4.79 Å². The summed E-state index contributed by atoms with van der Waals surface area (Å²) in [5.41, 5.74) is 6.59. The topological polar surface area (TPSA) is 68.3 Å². The van der Waals surface area contributed by atoms with Crippen LogP contribution in [0.4, 0.5) is 10.1 Å². The zero-order valence-electron chi connectivity index (χ0n) is 11.0. The van der Waals surface area contributed by atoms with E-state index in [1.807, 2.05) is 0 Å². The van der Waals surface area contributed by atoms with E-state index in [9.17, 15) is 9.18 Å². The van der Waals surface area contributed by atoms with Crippen LogP contribution in [0.2, 0.25) is 0 Å². The van der Waals surface area contributed by atoms with Crippen LogP contribution in [-0.2, 0) is 0 Å². The molecule has 0 unspecified atom stereocenters. The Morgan fingerprint density at radius 3 is 2.55 bits per heavy atom. The van der Waals surface area contributed by atoms with Crippen LogP contribution in [-0.4, -0.2) is 10.9 Å². The fraction of sp³-hybridized carbons (Fsp3) is 0.143. The van der Waals surface area contributed by atoms with Gasteiger partial charge in [-0.2, -0.15) is 0 Å². The second-order valence-corrected chi connectivity index (χ2v) is 4.78. The van der Waals surface area contributed by atoms with Gasteiger partial charge in [0, 0.05) is 5.56 Å². The van der Waals surface area contributed by atoms with Gasteiger partial charge in [-0.15, -0.1) is 0 Å². The van der Waals surface area contributed by atoms with E-state index in [0.29, 0.717) is 22.8 Å². The van der Waals surface area contributed by atoms with E-state index >= 15 is 0 Å². The van der Waals surface area contributed by atoms with Crippen LogP contribution < -0.4 is 11.1 Å². The highest BCUT2D eigenvalue weighted by Gasteiger charge is 2.16. The van der Waals surface area contributed by atoms with Gasteiger partial charge in [-0.05, 0) is 38.1 Å². The van der Waals surface area contributed by atoms with Crippen LogP contribution in [0.25, 0.3) is 0 Å². The van der Waals surface area contributed by atoms with Gasteiger partial charge in [0.1, 0.15) is 22.3 Å². The molecule has 0 radical (unpaired) electrons. The van der Waals surface area contributed by atoms with E-state index in [0.717, 1.165) is 0 Å². The fourth-order valence-corrected chi connectivity index (χ4v) is 2.04. The Bertz CT molecular complexity index is 694. The van der Waals surface area contributed by atoms with Crippen LogP contribution in [0.1, 0.15) is 27.4 Å². The fourth-order valence-electron chi connectivity index (χ4n) is 1.88. The van der Waals surface area contributed by atoms with Gasteiger partial charge in [0.15, 0.2) is 0 Å². The molecule has 0 aliphatic rings. The highest BCUT2D eigenvalue weighted by atomic mass is 32.1. The van der Waals surface area contributed by atoms with Gasteiger partial charge in [0.25, 0.3) is 5.91 Å². The third kappa shape index (κ3) is 2.85. The Hall–Kier alpha value is -2.21. The minimum Gasteiger partial charge on any atom is -0.466 e. The first kappa shape index (κ1) is 14.2. The average molecular weight is 292 g/mol. The molecule has 0 saturated heterocycles. The Morgan fingerprint density at radius 1 is 1.30 bits per heavy atom. The lowest BCUT2D eigenvalue weighted by atomic mass is 10.1. The molecule has 1 aromatic carbocycles. The predicted molar refractivity (Wildman–Crippen MR) is 78.4 cm³/mol. The van der Waals surface area contributed by atoms with Gasteiger partial charge in [0.05, 0.1) is 11.3 Å². The number of rotatable bonds is 3. The highest BCUT2D eigenvalue weighted by molar-refractivity contribution is 7.80. The second-order valence-electron chi connectivity index (χ2n) is 4.34. The first-order chi connectivity index (χ1) is 9.38. The Balaban J connectivity index is 2.33. The van der Waals surface area contributed by atoms with E-state index < -0.39 is 5.82 Å². The molecule has 0 aliphatic heterocycles. The number of hydrogen-bond acceptors (Lipinski definition) is 3. The molecule has 2 aromatic rings. The Kier molecular flexibility index (Phi) is 3.85. The van der Waals surface area contributed by atoms with E-state index in [2.05, 4.69) is 5.32 Å². The Labute approximate surface area is 120 Å². The number of aryl methyl sites for hydroxylation is 2. The molecule has 1 amide bonds. The van der Waals surface area contributed by atoms with Gasteiger partial charge in [-0.1, -0.05) is 12.2 Å². The van der Waals surface area contributed by atoms with Crippen LogP contribution >= 0.6 is 12.2 Å². The van der Waals surface area contributed by atoms with E-state index in [-0.39, 0.29) is 16.5 Å². The van der Waals surface area contributed by atoms with Crippen molar-refractivity contribution in [3.8, 4) is 0 Å². The summed E-state index contributed by atoms with van der Waals surface area (Å²) >= 11 is 4.85. The number of thiocarbonyl (C=S) groups is 1. The molecule has 0 fully saturated rings. The van der Waals surface area contributed by atoms with Crippen molar-refractivity contribution in [1.29, 1.82) is 0 Å². The van der Waals surface area contributed by atoms with Crippen molar-refractivity contribution in [3.05, 3.63) is 52.7 Å². The minimum absolute atomic E-state index is 0.0138. The van der Waals surface area contributed by atoms with E-state index in [1.165, 1.54) is 18.2 Å². The molecule has 4 nitrogen and oxygen atoms in total. The SMILES string of the molecule is Cc1cc(C(=O)Nc2ccc(F)cc2C(N)=S)c(C)o1. The summed E-state index contributed by atoms with van der Waals surface area (Å²) in [6.07, 6.45) is 0. The smallest absolute Gasteiger partial charge is 0.259 e. The average Bonchev–Trinajstić information content (AvgIpc) is 2.70. The molecule has 104 valence electrons. The molecule has 1 heterocycles. The highest BCUT2D eigenvalue weighted by Crippen LogP contribution is 2.20. The molecule has 0 atom stereocenters. The van der Waals surface area contributed by atoms with Gasteiger partial charge < -0.3 is 15.5 Å².